The normalized spacial score (nSPS) is 17.7. The van der Waals surface area contributed by atoms with E-state index in [0.29, 0.717) is 23.5 Å². The second kappa shape index (κ2) is 9.52. The highest BCUT2D eigenvalue weighted by atomic mass is 15.3. The van der Waals surface area contributed by atoms with Crippen LogP contribution in [0.1, 0.15) is 44.0 Å². The molecular formula is C19H34N12. The summed E-state index contributed by atoms with van der Waals surface area (Å²) in [7, 11) is 7.57. The van der Waals surface area contributed by atoms with Gasteiger partial charge in [-0.3, -0.25) is 9.80 Å². The third-order valence-corrected chi connectivity index (χ3v) is 5.52. The van der Waals surface area contributed by atoms with Crippen molar-refractivity contribution in [1.82, 2.24) is 39.7 Å². The van der Waals surface area contributed by atoms with Gasteiger partial charge in [-0.15, -0.1) is 0 Å². The van der Waals surface area contributed by atoms with Crippen molar-refractivity contribution in [3.05, 3.63) is 11.6 Å². The SMILES string of the molecule is CC(c1nc(N)nc(N(C)C)n1)N1CCCN(C(C)c2nc(N)nc(N(C)C)n2)CC1. The first kappa shape index (κ1) is 22.8. The van der Waals surface area contributed by atoms with Crippen LogP contribution in [0.5, 0.6) is 0 Å². The second-order valence-electron chi connectivity index (χ2n) is 8.27. The van der Waals surface area contributed by atoms with E-state index in [1.54, 1.807) is 0 Å². The molecule has 1 aliphatic heterocycles. The Kier molecular flexibility index (Phi) is 7.01. The zero-order valence-electron chi connectivity index (χ0n) is 19.3. The molecule has 1 saturated heterocycles. The summed E-state index contributed by atoms with van der Waals surface area (Å²) < 4.78 is 0. The van der Waals surface area contributed by atoms with Crippen molar-refractivity contribution >= 4 is 23.8 Å². The Morgan fingerprint density at radius 3 is 1.39 bits per heavy atom. The van der Waals surface area contributed by atoms with Crippen LogP contribution >= 0.6 is 0 Å². The number of anilines is 4. The van der Waals surface area contributed by atoms with Crippen molar-refractivity contribution in [3.8, 4) is 0 Å². The monoisotopic (exact) mass is 430 g/mol. The molecule has 0 aliphatic carbocycles. The van der Waals surface area contributed by atoms with Crippen molar-refractivity contribution < 1.29 is 0 Å². The number of aromatic nitrogens is 6. The Balaban J connectivity index is 1.72. The van der Waals surface area contributed by atoms with Crippen LogP contribution in [0, 0.1) is 0 Å². The summed E-state index contributed by atoms with van der Waals surface area (Å²) in [4.78, 5) is 34.8. The van der Waals surface area contributed by atoms with Crippen molar-refractivity contribution in [2.24, 2.45) is 0 Å². The van der Waals surface area contributed by atoms with E-state index in [0.717, 1.165) is 32.6 Å². The summed E-state index contributed by atoms with van der Waals surface area (Å²) in [5, 5.41) is 0. The standard InChI is InChI=1S/C19H34N12/c1-12(14-22-16(20)26-18(24-14)28(3)4)30-8-7-9-31(11-10-30)13(2)15-23-17(21)27-19(25-15)29(5)6/h12-13H,7-11H2,1-6H3,(H2,20,22,24,26)(H2,21,23,25,27). The van der Waals surface area contributed by atoms with Crippen LogP contribution in [0.3, 0.4) is 0 Å². The molecule has 1 aliphatic rings. The van der Waals surface area contributed by atoms with Gasteiger partial charge in [-0.25, -0.2) is 0 Å². The number of nitrogen functional groups attached to an aromatic ring is 2. The first-order valence-electron chi connectivity index (χ1n) is 10.5. The maximum absolute atomic E-state index is 5.92. The Labute approximate surface area is 183 Å². The molecule has 2 aromatic heterocycles. The van der Waals surface area contributed by atoms with Gasteiger partial charge < -0.3 is 21.3 Å². The Morgan fingerprint density at radius 2 is 1.03 bits per heavy atom. The van der Waals surface area contributed by atoms with Gasteiger partial charge in [0.15, 0.2) is 11.6 Å². The number of hydrogen-bond acceptors (Lipinski definition) is 12. The quantitative estimate of drug-likeness (QED) is 0.645. The Bertz CT molecular complexity index is 815. The van der Waals surface area contributed by atoms with Crippen LogP contribution in [-0.2, 0) is 0 Å². The average molecular weight is 431 g/mol. The molecule has 2 unspecified atom stereocenters. The fraction of sp³-hybridized carbons (Fsp3) is 0.684. The molecule has 12 heteroatoms. The summed E-state index contributed by atoms with van der Waals surface area (Å²) in [6.45, 7) is 7.85. The largest absolute Gasteiger partial charge is 0.368 e. The summed E-state index contributed by atoms with van der Waals surface area (Å²) >= 11 is 0. The van der Waals surface area contributed by atoms with Gasteiger partial charge in [0.2, 0.25) is 23.8 Å². The summed E-state index contributed by atoms with van der Waals surface area (Å²) in [6, 6.07) is 0.0693. The van der Waals surface area contributed by atoms with Crippen molar-refractivity contribution in [3.63, 3.8) is 0 Å². The number of nitrogens with zero attached hydrogens (tertiary/aromatic N) is 10. The number of rotatable bonds is 6. The van der Waals surface area contributed by atoms with E-state index in [2.05, 4.69) is 53.6 Å². The van der Waals surface area contributed by atoms with Crippen molar-refractivity contribution in [2.45, 2.75) is 32.4 Å². The summed E-state index contributed by atoms with van der Waals surface area (Å²) in [6.07, 6.45) is 1.01. The lowest BCUT2D eigenvalue weighted by molar-refractivity contribution is 0.183. The molecule has 3 heterocycles. The van der Waals surface area contributed by atoms with Crippen molar-refractivity contribution in [2.75, 3.05) is 75.6 Å². The van der Waals surface area contributed by atoms with E-state index in [1.807, 2.05) is 38.0 Å². The van der Waals surface area contributed by atoms with E-state index >= 15 is 0 Å². The zero-order valence-corrected chi connectivity index (χ0v) is 19.3. The molecule has 0 radical (unpaired) electrons. The lowest BCUT2D eigenvalue weighted by atomic mass is 10.2. The lowest BCUT2D eigenvalue weighted by Crippen LogP contribution is -2.35. The molecule has 2 aromatic rings. The molecule has 3 rings (SSSR count). The third-order valence-electron chi connectivity index (χ3n) is 5.52. The molecule has 1 fully saturated rings. The molecule has 2 atom stereocenters. The second-order valence-corrected chi connectivity index (χ2v) is 8.27. The molecule has 0 spiro atoms. The first-order valence-corrected chi connectivity index (χ1v) is 10.5. The molecule has 31 heavy (non-hydrogen) atoms. The molecule has 170 valence electrons. The highest BCUT2D eigenvalue weighted by Gasteiger charge is 2.27. The van der Waals surface area contributed by atoms with Crippen molar-refractivity contribution in [1.29, 1.82) is 0 Å². The van der Waals surface area contributed by atoms with E-state index < -0.39 is 0 Å². The van der Waals surface area contributed by atoms with Gasteiger partial charge in [0, 0.05) is 54.4 Å². The maximum Gasteiger partial charge on any atom is 0.229 e. The molecule has 0 bridgehead atoms. The third kappa shape index (κ3) is 5.44. The first-order chi connectivity index (χ1) is 14.7. The average Bonchev–Trinajstić information content (AvgIpc) is 2.98. The molecular weight excluding hydrogens is 396 g/mol. The molecule has 0 aromatic carbocycles. The highest BCUT2D eigenvalue weighted by molar-refractivity contribution is 5.34. The van der Waals surface area contributed by atoms with Gasteiger partial charge >= 0.3 is 0 Å². The van der Waals surface area contributed by atoms with E-state index in [9.17, 15) is 0 Å². The number of nitrogens with two attached hydrogens (primary N) is 2. The minimum Gasteiger partial charge on any atom is -0.368 e. The number of hydrogen-bond donors (Lipinski definition) is 2. The molecule has 0 amide bonds. The Hall–Kier alpha value is -2.86. The molecule has 4 N–H and O–H groups in total. The van der Waals surface area contributed by atoms with Gasteiger partial charge in [0.25, 0.3) is 0 Å². The predicted molar refractivity (Wildman–Crippen MR) is 122 cm³/mol. The van der Waals surface area contributed by atoms with Crippen LogP contribution in [0.2, 0.25) is 0 Å². The van der Waals surface area contributed by atoms with Crippen LogP contribution in [0.15, 0.2) is 0 Å². The molecule has 12 nitrogen and oxygen atoms in total. The van der Waals surface area contributed by atoms with Crippen LogP contribution in [-0.4, -0.2) is 94.1 Å². The topological polar surface area (TPSA) is 142 Å². The summed E-state index contributed by atoms with van der Waals surface area (Å²) in [5.41, 5.74) is 11.8. The Morgan fingerprint density at radius 1 is 0.645 bits per heavy atom. The maximum atomic E-state index is 5.92. The minimum atomic E-state index is 0.0346. The summed E-state index contributed by atoms with van der Waals surface area (Å²) in [5.74, 6) is 3.02. The van der Waals surface area contributed by atoms with E-state index in [-0.39, 0.29) is 24.0 Å². The van der Waals surface area contributed by atoms with Gasteiger partial charge in [0.1, 0.15) is 0 Å². The van der Waals surface area contributed by atoms with E-state index in [4.69, 9.17) is 11.5 Å². The fourth-order valence-electron chi connectivity index (χ4n) is 3.63. The molecule has 0 saturated carbocycles. The predicted octanol–water partition coefficient (Wildman–Crippen LogP) is 0.183. The van der Waals surface area contributed by atoms with Crippen LogP contribution in [0.25, 0.3) is 0 Å². The van der Waals surface area contributed by atoms with Gasteiger partial charge in [-0.2, -0.15) is 29.9 Å². The van der Waals surface area contributed by atoms with Gasteiger partial charge in [-0.05, 0) is 20.3 Å². The smallest absolute Gasteiger partial charge is 0.229 e. The van der Waals surface area contributed by atoms with Gasteiger partial charge in [-0.1, -0.05) is 0 Å². The fourth-order valence-corrected chi connectivity index (χ4v) is 3.63. The minimum absolute atomic E-state index is 0.0346. The lowest BCUT2D eigenvalue weighted by Gasteiger charge is -2.29. The highest BCUT2D eigenvalue weighted by Crippen LogP contribution is 2.24. The van der Waals surface area contributed by atoms with Crippen LogP contribution in [0.4, 0.5) is 23.8 Å². The van der Waals surface area contributed by atoms with E-state index in [1.165, 1.54) is 0 Å². The zero-order chi connectivity index (χ0) is 22.7. The van der Waals surface area contributed by atoms with Crippen LogP contribution < -0.4 is 21.3 Å². The van der Waals surface area contributed by atoms with Gasteiger partial charge in [0.05, 0.1) is 12.1 Å².